The lowest BCUT2D eigenvalue weighted by Gasteiger charge is -2.02. The maximum Gasteiger partial charge on any atom is 0.181 e. The van der Waals surface area contributed by atoms with Crippen molar-refractivity contribution in [2.75, 3.05) is 0 Å². The predicted octanol–water partition coefficient (Wildman–Crippen LogP) is 3.68. The minimum absolute atomic E-state index is 0.292. The van der Waals surface area contributed by atoms with Crippen molar-refractivity contribution in [1.82, 2.24) is 4.98 Å². The van der Waals surface area contributed by atoms with E-state index >= 15 is 0 Å². The molecule has 1 aromatic heterocycles. The largest absolute Gasteiger partial charge is 0.443 e. The second-order valence-electron chi connectivity index (χ2n) is 3.25. The van der Waals surface area contributed by atoms with Crippen LogP contribution in [0.1, 0.15) is 11.3 Å². The fourth-order valence-electron chi connectivity index (χ4n) is 1.40. The van der Waals surface area contributed by atoms with E-state index in [1.54, 1.807) is 12.1 Å². The van der Waals surface area contributed by atoms with E-state index < -0.39 is 0 Å². The second-order valence-corrected chi connectivity index (χ2v) is 3.81. The number of hydrogen-bond donors (Lipinski definition) is 0. The Kier molecular flexibility index (Phi) is 2.86. The third kappa shape index (κ3) is 1.95. The zero-order chi connectivity index (χ0) is 10.8. The van der Waals surface area contributed by atoms with Gasteiger partial charge in [0.25, 0.3) is 0 Å². The van der Waals surface area contributed by atoms with Crippen LogP contribution in [-0.2, 0) is 5.33 Å². The number of benzene rings is 1. The lowest BCUT2D eigenvalue weighted by atomic mass is 10.1. The molecule has 0 unspecified atom stereocenters. The Balaban J connectivity index is 2.58. The van der Waals surface area contributed by atoms with Gasteiger partial charge in [-0.2, -0.15) is 0 Å². The number of nitrogens with zero attached hydrogens (tertiary/aromatic N) is 1. The van der Waals surface area contributed by atoms with Crippen molar-refractivity contribution in [3.63, 3.8) is 0 Å². The van der Waals surface area contributed by atoms with Gasteiger partial charge in [0.1, 0.15) is 5.82 Å². The Morgan fingerprint density at radius 1 is 1.47 bits per heavy atom. The summed E-state index contributed by atoms with van der Waals surface area (Å²) in [6.45, 7) is 1.91. The normalized spacial score (nSPS) is 10.6. The first kappa shape index (κ1) is 10.4. The molecule has 0 amide bonds. The lowest BCUT2D eigenvalue weighted by Crippen LogP contribution is -1.88. The molecule has 4 heteroatoms. The van der Waals surface area contributed by atoms with Crippen molar-refractivity contribution in [2.45, 2.75) is 12.3 Å². The quantitative estimate of drug-likeness (QED) is 0.778. The molecular formula is C11H9BrFNO. The molecule has 0 aliphatic carbocycles. The Labute approximate surface area is 95.3 Å². The summed E-state index contributed by atoms with van der Waals surface area (Å²) in [5.74, 6) is 0.202. The Morgan fingerprint density at radius 2 is 2.27 bits per heavy atom. The Bertz CT molecular complexity index is 481. The molecule has 0 atom stereocenters. The zero-order valence-electron chi connectivity index (χ0n) is 8.13. The average molecular weight is 270 g/mol. The summed E-state index contributed by atoms with van der Waals surface area (Å²) in [7, 11) is 0. The van der Waals surface area contributed by atoms with E-state index in [4.69, 9.17) is 4.42 Å². The first-order chi connectivity index (χ1) is 7.22. The van der Waals surface area contributed by atoms with Gasteiger partial charge < -0.3 is 4.42 Å². The maximum atomic E-state index is 13.5. The van der Waals surface area contributed by atoms with Crippen LogP contribution in [0.4, 0.5) is 4.39 Å². The van der Waals surface area contributed by atoms with Crippen molar-refractivity contribution in [3.05, 3.63) is 41.7 Å². The van der Waals surface area contributed by atoms with Crippen molar-refractivity contribution in [1.29, 1.82) is 0 Å². The van der Waals surface area contributed by atoms with Crippen LogP contribution >= 0.6 is 15.9 Å². The number of halogens is 2. The number of aromatic nitrogens is 1. The smallest absolute Gasteiger partial charge is 0.181 e. The van der Waals surface area contributed by atoms with Crippen molar-refractivity contribution in [3.8, 4) is 11.3 Å². The third-order valence-corrected chi connectivity index (χ3v) is 2.67. The van der Waals surface area contributed by atoms with E-state index in [9.17, 15) is 4.39 Å². The fraction of sp³-hybridized carbons (Fsp3) is 0.182. The van der Waals surface area contributed by atoms with Crippen LogP contribution in [0, 0.1) is 12.7 Å². The highest BCUT2D eigenvalue weighted by atomic mass is 79.9. The van der Waals surface area contributed by atoms with Gasteiger partial charge in [-0.3, -0.25) is 0 Å². The molecule has 1 heterocycles. The number of hydrogen-bond acceptors (Lipinski definition) is 2. The molecule has 1 aromatic carbocycles. The van der Waals surface area contributed by atoms with E-state index in [0.29, 0.717) is 22.3 Å². The minimum atomic E-state index is -0.292. The summed E-state index contributed by atoms with van der Waals surface area (Å²) in [6, 6.07) is 4.91. The van der Waals surface area contributed by atoms with Gasteiger partial charge in [0.15, 0.2) is 12.2 Å². The third-order valence-electron chi connectivity index (χ3n) is 2.13. The molecule has 0 spiro atoms. The minimum Gasteiger partial charge on any atom is -0.443 e. The topological polar surface area (TPSA) is 26.0 Å². The average Bonchev–Trinajstić information content (AvgIpc) is 2.69. The van der Waals surface area contributed by atoms with Crippen LogP contribution in [0.25, 0.3) is 11.3 Å². The van der Waals surface area contributed by atoms with Crippen molar-refractivity contribution >= 4 is 15.9 Å². The van der Waals surface area contributed by atoms with Crippen LogP contribution in [0.5, 0.6) is 0 Å². The van der Waals surface area contributed by atoms with Gasteiger partial charge in [0, 0.05) is 5.33 Å². The molecule has 2 nitrogen and oxygen atoms in total. The second kappa shape index (κ2) is 4.14. The highest BCUT2D eigenvalue weighted by Gasteiger charge is 2.13. The molecule has 0 aliphatic heterocycles. The molecule has 0 aliphatic rings. The van der Waals surface area contributed by atoms with E-state index in [-0.39, 0.29) is 5.82 Å². The highest BCUT2D eigenvalue weighted by molar-refractivity contribution is 9.08. The SMILES string of the molecule is Cc1ccc(F)c(-c2ocnc2CBr)c1. The van der Waals surface area contributed by atoms with Crippen molar-refractivity contribution < 1.29 is 8.81 Å². The molecular weight excluding hydrogens is 261 g/mol. The number of aryl methyl sites for hydroxylation is 1. The molecule has 2 aromatic rings. The van der Waals surface area contributed by atoms with E-state index in [1.165, 1.54) is 12.5 Å². The number of oxazole rings is 1. The maximum absolute atomic E-state index is 13.5. The summed E-state index contributed by atoms with van der Waals surface area (Å²) in [4.78, 5) is 4.00. The van der Waals surface area contributed by atoms with Crippen LogP contribution in [-0.4, -0.2) is 4.98 Å². The monoisotopic (exact) mass is 269 g/mol. The fourth-order valence-corrected chi connectivity index (χ4v) is 1.80. The summed E-state index contributed by atoms with van der Waals surface area (Å²) < 4.78 is 18.7. The zero-order valence-corrected chi connectivity index (χ0v) is 9.71. The summed E-state index contributed by atoms with van der Waals surface area (Å²) in [6.07, 6.45) is 1.33. The Morgan fingerprint density at radius 3 is 3.00 bits per heavy atom. The molecule has 0 fully saturated rings. The molecule has 2 rings (SSSR count). The van der Waals surface area contributed by atoms with E-state index in [0.717, 1.165) is 5.56 Å². The van der Waals surface area contributed by atoms with Gasteiger partial charge in [0.2, 0.25) is 0 Å². The van der Waals surface area contributed by atoms with Gasteiger partial charge in [-0.1, -0.05) is 27.6 Å². The van der Waals surface area contributed by atoms with Crippen LogP contribution < -0.4 is 0 Å². The van der Waals surface area contributed by atoms with Crippen molar-refractivity contribution in [2.24, 2.45) is 0 Å². The van der Waals surface area contributed by atoms with Gasteiger partial charge >= 0.3 is 0 Å². The van der Waals surface area contributed by atoms with Gasteiger partial charge in [-0.25, -0.2) is 9.37 Å². The van der Waals surface area contributed by atoms with Gasteiger partial charge in [0.05, 0.1) is 11.3 Å². The highest BCUT2D eigenvalue weighted by Crippen LogP contribution is 2.27. The van der Waals surface area contributed by atoms with Crippen LogP contribution in [0.2, 0.25) is 0 Å². The molecule has 0 bridgehead atoms. The van der Waals surface area contributed by atoms with Crippen LogP contribution in [0.3, 0.4) is 0 Å². The molecule has 0 radical (unpaired) electrons. The number of rotatable bonds is 2. The first-order valence-electron chi connectivity index (χ1n) is 4.47. The molecule has 15 heavy (non-hydrogen) atoms. The van der Waals surface area contributed by atoms with Gasteiger partial charge in [-0.15, -0.1) is 0 Å². The summed E-state index contributed by atoms with van der Waals surface area (Å²) >= 11 is 3.28. The van der Waals surface area contributed by atoms with E-state index in [1.807, 2.05) is 6.92 Å². The lowest BCUT2D eigenvalue weighted by molar-refractivity contribution is 0.560. The van der Waals surface area contributed by atoms with Gasteiger partial charge in [-0.05, 0) is 19.1 Å². The summed E-state index contributed by atoms with van der Waals surface area (Å²) in [5.41, 5.74) is 2.16. The molecule has 78 valence electrons. The predicted molar refractivity (Wildman–Crippen MR) is 59.3 cm³/mol. The summed E-state index contributed by atoms with van der Waals surface area (Å²) in [5, 5.41) is 0.548. The van der Waals surface area contributed by atoms with E-state index in [2.05, 4.69) is 20.9 Å². The molecule has 0 saturated heterocycles. The number of alkyl halides is 1. The molecule has 0 N–H and O–H groups in total. The first-order valence-corrected chi connectivity index (χ1v) is 5.59. The van der Waals surface area contributed by atoms with Crippen LogP contribution in [0.15, 0.2) is 29.0 Å². The standard InChI is InChI=1S/C11H9BrFNO/c1-7-2-3-9(13)8(4-7)11-10(5-12)14-6-15-11/h2-4,6H,5H2,1H3. The molecule has 0 saturated carbocycles. The Hall–Kier alpha value is -1.16.